The summed E-state index contributed by atoms with van der Waals surface area (Å²) in [5.41, 5.74) is 7.01. The average molecular weight is 289 g/mol. The Hall–Kier alpha value is -0.800. The lowest BCUT2D eigenvalue weighted by atomic mass is 9.48. The van der Waals surface area contributed by atoms with Crippen molar-refractivity contribution in [3.05, 3.63) is 23.7 Å². The summed E-state index contributed by atoms with van der Waals surface area (Å²) in [4.78, 5) is 0. The first-order chi connectivity index (χ1) is 10.2. The highest BCUT2D eigenvalue weighted by atomic mass is 16.5. The Balaban J connectivity index is 1.47. The Morgan fingerprint density at radius 2 is 1.81 bits per heavy atom. The third-order valence-corrected chi connectivity index (χ3v) is 6.15. The molecule has 2 N–H and O–H groups in total. The molecule has 3 heteroatoms. The van der Waals surface area contributed by atoms with Crippen molar-refractivity contribution in [2.75, 3.05) is 7.11 Å². The van der Waals surface area contributed by atoms with E-state index in [4.69, 9.17) is 14.9 Å². The second-order valence-corrected chi connectivity index (χ2v) is 7.97. The third kappa shape index (κ3) is 2.55. The lowest BCUT2D eigenvalue weighted by Gasteiger charge is -2.57. The Labute approximate surface area is 127 Å². The topological polar surface area (TPSA) is 48.4 Å². The minimum atomic E-state index is 0.0480. The maximum Gasteiger partial charge on any atom is 0.129 e. The molecule has 0 spiro atoms. The normalized spacial score (nSPS) is 38.9. The largest absolute Gasteiger partial charge is 0.462 e. The van der Waals surface area contributed by atoms with Crippen LogP contribution in [-0.4, -0.2) is 7.11 Å². The maximum atomic E-state index is 6.49. The van der Waals surface area contributed by atoms with Gasteiger partial charge in [0.15, 0.2) is 0 Å². The first-order valence-corrected chi connectivity index (χ1v) is 8.49. The second kappa shape index (κ2) is 5.13. The molecule has 0 saturated heterocycles. The van der Waals surface area contributed by atoms with E-state index < -0.39 is 0 Å². The molecule has 4 aliphatic carbocycles. The summed E-state index contributed by atoms with van der Waals surface area (Å²) in [6, 6.07) is 4.09. The quantitative estimate of drug-likeness (QED) is 0.890. The fraction of sp³-hybridized carbons (Fsp3) is 0.778. The number of furan rings is 1. The minimum absolute atomic E-state index is 0.0480. The monoisotopic (exact) mass is 289 g/mol. The summed E-state index contributed by atoms with van der Waals surface area (Å²) in [5.74, 6) is 4.79. The van der Waals surface area contributed by atoms with E-state index in [1.54, 1.807) is 7.11 Å². The number of methoxy groups -OCH3 is 1. The van der Waals surface area contributed by atoms with Gasteiger partial charge < -0.3 is 14.9 Å². The van der Waals surface area contributed by atoms with Crippen molar-refractivity contribution in [3.63, 3.8) is 0 Å². The van der Waals surface area contributed by atoms with E-state index in [0.29, 0.717) is 12.0 Å². The van der Waals surface area contributed by atoms with Crippen LogP contribution in [0.1, 0.15) is 62.5 Å². The van der Waals surface area contributed by atoms with Crippen LogP contribution in [0.2, 0.25) is 0 Å². The molecule has 21 heavy (non-hydrogen) atoms. The Kier molecular flexibility index (Phi) is 3.38. The van der Waals surface area contributed by atoms with E-state index in [1.807, 2.05) is 12.1 Å². The van der Waals surface area contributed by atoms with E-state index in [0.717, 1.165) is 35.7 Å². The SMILES string of the molecule is COCc1ccc(C(N)CC23CC4CC(CC(C4)C2)C3)o1. The van der Waals surface area contributed by atoms with Gasteiger partial charge in [0.25, 0.3) is 0 Å². The summed E-state index contributed by atoms with van der Waals surface area (Å²) in [6.07, 6.45) is 9.83. The van der Waals surface area contributed by atoms with Crippen molar-refractivity contribution in [3.8, 4) is 0 Å². The van der Waals surface area contributed by atoms with E-state index in [9.17, 15) is 0 Å². The number of hydrogen-bond acceptors (Lipinski definition) is 3. The van der Waals surface area contributed by atoms with Gasteiger partial charge in [-0.25, -0.2) is 0 Å². The standard InChI is InChI=1S/C18H27NO2/c1-20-11-15-2-3-17(21-15)16(19)10-18-7-12-4-13(8-18)6-14(5-12)9-18/h2-3,12-14,16H,4-11,19H2,1H3. The zero-order chi connectivity index (χ0) is 14.4. The molecule has 0 aromatic carbocycles. The van der Waals surface area contributed by atoms with Crippen LogP contribution >= 0.6 is 0 Å². The number of hydrogen-bond donors (Lipinski definition) is 1. The van der Waals surface area contributed by atoms with Gasteiger partial charge in [-0.05, 0) is 80.2 Å². The molecule has 4 bridgehead atoms. The zero-order valence-electron chi connectivity index (χ0n) is 13.0. The molecule has 1 heterocycles. The minimum Gasteiger partial charge on any atom is -0.462 e. The van der Waals surface area contributed by atoms with Gasteiger partial charge in [0, 0.05) is 7.11 Å². The van der Waals surface area contributed by atoms with Gasteiger partial charge >= 0.3 is 0 Å². The summed E-state index contributed by atoms with van der Waals surface area (Å²) in [5, 5.41) is 0. The van der Waals surface area contributed by atoms with Crippen molar-refractivity contribution < 1.29 is 9.15 Å². The van der Waals surface area contributed by atoms with Crippen molar-refractivity contribution in [2.24, 2.45) is 28.9 Å². The van der Waals surface area contributed by atoms with Crippen molar-refractivity contribution in [1.29, 1.82) is 0 Å². The first-order valence-electron chi connectivity index (χ1n) is 8.49. The van der Waals surface area contributed by atoms with E-state index in [-0.39, 0.29) is 6.04 Å². The third-order valence-electron chi connectivity index (χ3n) is 6.15. The molecule has 5 rings (SSSR count). The number of rotatable bonds is 5. The fourth-order valence-electron chi connectivity index (χ4n) is 5.92. The van der Waals surface area contributed by atoms with Crippen LogP contribution in [0, 0.1) is 23.2 Å². The predicted octanol–water partition coefficient (Wildman–Crippen LogP) is 4.03. The van der Waals surface area contributed by atoms with Crippen LogP contribution in [0.3, 0.4) is 0 Å². The molecule has 4 fully saturated rings. The Bertz CT molecular complexity index is 472. The second-order valence-electron chi connectivity index (χ2n) is 7.97. The highest BCUT2D eigenvalue weighted by Crippen LogP contribution is 2.62. The van der Waals surface area contributed by atoms with Crippen LogP contribution in [0.4, 0.5) is 0 Å². The number of ether oxygens (including phenoxy) is 1. The molecule has 0 aliphatic heterocycles. The molecule has 1 unspecified atom stereocenters. The van der Waals surface area contributed by atoms with Crippen LogP contribution in [0.15, 0.2) is 16.5 Å². The molecule has 4 aliphatic rings. The van der Waals surface area contributed by atoms with Crippen LogP contribution in [0.5, 0.6) is 0 Å². The first kappa shape index (κ1) is 13.8. The van der Waals surface area contributed by atoms with Gasteiger partial charge in [-0.1, -0.05) is 0 Å². The molecule has 0 amide bonds. The molecule has 1 atom stereocenters. The average Bonchev–Trinajstić information content (AvgIpc) is 2.85. The number of nitrogens with two attached hydrogens (primary N) is 1. The summed E-state index contributed by atoms with van der Waals surface area (Å²) in [7, 11) is 1.69. The maximum absolute atomic E-state index is 6.49. The Morgan fingerprint density at radius 3 is 2.38 bits per heavy atom. The van der Waals surface area contributed by atoms with Crippen molar-refractivity contribution in [1.82, 2.24) is 0 Å². The molecule has 3 nitrogen and oxygen atoms in total. The molecular formula is C18H27NO2. The molecule has 1 aromatic heterocycles. The van der Waals surface area contributed by atoms with Gasteiger partial charge in [-0.15, -0.1) is 0 Å². The molecule has 1 aromatic rings. The van der Waals surface area contributed by atoms with E-state index >= 15 is 0 Å². The van der Waals surface area contributed by atoms with Gasteiger partial charge in [0.2, 0.25) is 0 Å². The van der Waals surface area contributed by atoms with Crippen molar-refractivity contribution in [2.45, 2.75) is 57.6 Å². The summed E-state index contributed by atoms with van der Waals surface area (Å²) < 4.78 is 11.0. The van der Waals surface area contributed by atoms with Crippen molar-refractivity contribution >= 4 is 0 Å². The summed E-state index contributed by atoms with van der Waals surface area (Å²) >= 11 is 0. The molecular weight excluding hydrogens is 262 g/mol. The van der Waals surface area contributed by atoms with Crippen LogP contribution in [-0.2, 0) is 11.3 Å². The van der Waals surface area contributed by atoms with Crippen LogP contribution in [0.25, 0.3) is 0 Å². The lowest BCUT2D eigenvalue weighted by molar-refractivity contribution is -0.0613. The smallest absolute Gasteiger partial charge is 0.129 e. The van der Waals surface area contributed by atoms with Gasteiger partial charge in [-0.3, -0.25) is 0 Å². The highest BCUT2D eigenvalue weighted by molar-refractivity contribution is 5.12. The molecule has 4 saturated carbocycles. The van der Waals surface area contributed by atoms with Gasteiger partial charge in [0.05, 0.1) is 6.04 Å². The fourth-order valence-corrected chi connectivity index (χ4v) is 5.92. The van der Waals surface area contributed by atoms with Gasteiger partial charge in [0.1, 0.15) is 18.1 Å². The predicted molar refractivity (Wildman–Crippen MR) is 81.6 cm³/mol. The zero-order valence-corrected chi connectivity index (χ0v) is 13.0. The highest BCUT2D eigenvalue weighted by Gasteiger charge is 2.51. The summed E-state index contributed by atoms with van der Waals surface area (Å²) in [6.45, 7) is 0.532. The van der Waals surface area contributed by atoms with Gasteiger partial charge in [-0.2, -0.15) is 0 Å². The van der Waals surface area contributed by atoms with Crippen LogP contribution < -0.4 is 5.73 Å². The molecule has 0 radical (unpaired) electrons. The lowest BCUT2D eigenvalue weighted by Crippen LogP contribution is -2.47. The van der Waals surface area contributed by atoms with E-state index in [2.05, 4.69) is 0 Å². The Morgan fingerprint density at radius 1 is 1.19 bits per heavy atom. The molecule has 116 valence electrons. The van der Waals surface area contributed by atoms with E-state index in [1.165, 1.54) is 38.5 Å².